The first-order valence-electron chi connectivity index (χ1n) is 10.7. The first kappa shape index (κ1) is 21.7. The Labute approximate surface area is 188 Å². The molecule has 1 unspecified atom stereocenters. The first-order chi connectivity index (χ1) is 15.5. The lowest BCUT2D eigenvalue weighted by Crippen LogP contribution is -2.39. The molecule has 2 aliphatic heterocycles. The highest BCUT2D eigenvalue weighted by Gasteiger charge is 2.43. The third-order valence-corrected chi connectivity index (χ3v) is 6.04. The van der Waals surface area contributed by atoms with E-state index in [-0.39, 0.29) is 11.8 Å². The van der Waals surface area contributed by atoms with Crippen LogP contribution in [0.4, 0.5) is 5.69 Å². The van der Waals surface area contributed by atoms with Gasteiger partial charge in [0.25, 0.3) is 11.8 Å². The molecular weight excluding hydrogens is 408 g/mol. The summed E-state index contributed by atoms with van der Waals surface area (Å²) in [6.07, 6.45) is 2.09. The Bertz CT molecular complexity index is 1060. The molecule has 4 rings (SSSR count). The lowest BCUT2D eigenvalue weighted by molar-refractivity contribution is -0.120. The van der Waals surface area contributed by atoms with E-state index in [4.69, 9.17) is 14.2 Å². The highest BCUT2D eigenvalue weighted by molar-refractivity contribution is 6.45. The molecule has 1 atom stereocenters. The number of benzene rings is 2. The van der Waals surface area contributed by atoms with Gasteiger partial charge in [0.2, 0.25) is 0 Å². The van der Waals surface area contributed by atoms with Crippen molar-refractivity contribution >= 4 is 23.1 Å². The van der Waals surface area contributed by atoms with Gasteiger partial charge in [0.05, 0.1) is 32.6 Å². The van der Waals surface area contributed by atoms with Crippen LogP contribution in [0.1, 0.15) is 25.3 Å². The van der Waals surface area contributed by atoms with Crippen molar-refractivity contribution in [3.63, 3.8) is 0 Å². The van der Waals surface area contributed by atoms with Crippen molar-refractivity contribution in [1.29, 1.82) is 0 Å². The molecule has 2 aromatic rings. The van der Waals surface area contributed by atoms with E-state index in [0.717, 1.165) is 25.9 Å². The van der Waals surface area contributed by atoms with Crippen LogP contribution in [0.15, 0.2) is 48.2 Å². The largest absolute Gasteiger partial charge is 0.497 e. The van der Waals surface area contributed by atoms with Crippen LogP contribution in [0.2, 0.25) is 0 Å². The molecule has 7 heteroatoms. The van der Waals surface area contributed by atoms with E-state index in [1.807, 2.05) is 0 Å². The smallest absolute Gasteiger partial charge is 0.282 e. The minimum absolute atomic E-state index is 0.306. The molecule has 0 aliphatic carbocycles. The van der Waals surface area contributed by atoms with Crippen LogP contribution in [-0.4, -0.2) is 51.1 Å². The van der Waals surface area contributed by atoms with E-state index in [2.05, 4.69) is 11.8 Å². The average Bonchev–Trinajstić information content (AvgIpc) is 3.08. The molecule has 2 amide bonds. The van der Waals surface area contributed by atoms with E-state index in [1.165, 1.54) is 4.90 Å². The third-order valence-electron chi connectivity index (χ3n) is 6.04. The number of imide groups is 1. The highest BCUT2D eigenvalue weighted by Crippen LogP contribution is 2.39. The lowest BCUT2D eigenvalue weighted by Gasteiger charge is -2.33. The molecule has 0 bridgehead atoms. The van der Waals surface area contributed by atoms with Crippen molar-refractivity contribution < 1.29 is 23.8 Å². The maximum absolute atomic E-state index is 13.7. The highest BCUT2D eigenvalue weighted by atomic mass is 16.5. The average molecular weight is 437 g/mol. The number of anilines is 1. The zero-order valence-corrected chi connectivity index (χ0v) is 18.9. The van der Waals surface area contributed by atoms with Gasteiger partial charge in [-0.05, 0) is 60.7 Å². The number of likely N-dealkylation sites (tertiary alicyclic amines) is 1. The fourth-order valence-corrected chi connectivity index (χ4v) is 4.42. The Morgan fingerprint density at radius 2 is 1.59 bits per heavy atom. The zero-order valence-electron chi connectivity index (χ0n) is 18.9. The van der Waals surface area contributed by atoms with Gasteiger partial charge in [-0.1, -0.05) is 13.0 Å². The second-order valence-electron chi connectivity index (χ2n) is 8.13. The number of ether oxygens (including phenoxy) is 3. The predicted molar refractivity (Wildman–Crippen MR) is 122 cm³/mol. The Hall–Kier alpha value is -3.48. The molecule has 0 radical (unpaired) electrons. The van der Waals surface area contributed by atoms with Gasteiger partial charge in [0.1, 0.15) is 11.4 Å². The molecule has 1 saturated heterocycles. The number of amides is 2. The summed E-state index contributed by atoms with van der Waals surface area (Å²) in [7, 11) is 4.69. The van der Waals surface area contributed by atoms with Gasteiger partial charge in [-0.3, -0.25) is 9.59 Å². The number of rotatable bonds is 6. The molecule has 0 spiro atoms. The summed E-state index contributed by atoms with van der Waals surface area (Å²) in [6, 6.07) is 12.2. The van der Waals surface area contributed by atoms with Gasteiger partial charge in [-0.15, -0.1) is 0 Å². The molecule has 32 heavy (non-hydrogen) atoms. The number of nitrogens with zero attached hydrogens (tertiary/aromatic N) is 2. The number of carbonyl (C=O) groups excluding carboxylic acids is 2. The van der Waals surface area contributed by atoms with Gasteiger partial charge in [0.15, 0.2) is 11.5 Å². The van der Waals surface area contributed by atoms with Gasteiger partial charge in [0, 0.05) is 13.1 Å². The minimum Gasteiger partial charge on any atom is -0.497 e. The topological polar surface area (TPSA) is 68.3 Å². The number of hydrogen-bond acceptors (Lipinski definition) is 6. The summed E-state index contributed by atoms with van der Waals surface area (Å²) in [4.78, 5) is 30.6. The third kappa shape index (κ3) is 3.79. The zero-order chi connectivity index (χ0) is 22.8. The molecular formula is C25H28N2O5. The maximum atomic E-state index is 13.7. The summed E-state index contributed by atoms with van der Waals surface area (Å²) in [5, 5.41) is 0. The quantitative estimate of drug-likeness (QED) is 0.643. The summed E-state index contributed by atoms with van der Waals surface area (Å²) in [5.41, 5.74) is 1.98. The van der Waals surface area contributed by atoms with Crippen LogP contribution in [-0.2, 0) is 9.59 Å². The van der Waals surface area contributed by atoms with Crippen molar-refractivity contribution in [2.75, 3.05) is 39.3 Å². The second kappa shape index (κ2) is 8.94. The lowest BCUT2D eigenvalue weighted by atomic mass is 9.97. The van der Waals surface area contributed by atoms with Crippen LogP contribution in [0.5, 0.6) is 17.2 Å². The molecule has 2 heterocycles. The van der Waals surface area contributed by atoms with Gasteiger partial charge >= 0.3 is 0 Å². The van der Waals surface area contributed by atoms with Crippen LogP contribution in [0, 0.1) is 5.92 Å². The van der Waals surface area contributed by atoms with Crippen molar-refractivity contribution in [3.8, 4) is 17.2 Å². The van der Waals surface area contributed by atoms with Crippen LogP contribution >= 0.6 is 0 Å². The van der Waals surface area contributed by atoms with E-state index in [0.29, 0.717) is 45.7 Å². The second-order valence-corrected chi connectivity index (χ2v) is 8.13. The molecule has 0 N–H and O–H groups in total. The Morgan fingerprint density at radius 3 is 2.22 bits per heavy atom. The van der Waals surface area contributed by atoms with Crippen molar-refractivity contribution in [2.45, 2.75) is 19.8 Å². The van der Waals surface area contributed by atoms with E-state index in [9.17, 15) is 9.59 Å². The normalized spacial score (nSPS) is 18.9. The summed E-state index contributed by atoms with van der Waals surface area (Å²) in [6.45, 7) is 3.65. The van der Waals surface area contributed by atoms with E-state index in [1.54, 1.807) is 63.8 Å². The van der Waals surface area contributed by atoms with Gasteiger partial charge < -0.3 is 19.1 Å². The minimum atomic E-state index is -0.347. The molecule has 2 aliphatic rings. The number of piperidine rings is 1. The van der Waals surface area contributed by atoms with E-state index >= 15 is 0 Å². The molecule has 2 aromatic carbocycles. The van der Waals surface area contributed by atoms with Crippen LogP contribution in [0.3, 0.4) is 0 Å². The van der Waals surface area contributed by atoms with Crippen LogP contribution in [0.25, 0.3) is 5.57 Å². The Kier molecular flexibility index (Phi) is 6.08. The first-order valence-corrected chi connectivity index (χ1v) is 10.7. The predicted octanol–water partition coefficient (Wildman–Crippen LogP) is 3.73. The molecule has 0 aromatic heterocycles. The van der Waals surface area contributed by atoms with Gasteiger partial charge in [-0.2, -0.15) is 0 Å². The molecule has 1 fully saturated rings. The van der Waals surface area contributed by atoms with Crippen molar-refractivity contribution in [3.05, 3.63) is 53.7 Å². The molecule has 7 nitrogen and oxygen atoms in total. The molecule has 0 saturated carbocycles. The molecule has 168 valence electrons. The SMILES string of the molecule is COc1ccc(N2C(=O)C(c3ccc(OC)c(OC)c3)=C(N3CCCC(C)C3)C2=O)cc1. The Balaban J connectivity index is 1.83. The monoisotopic (exact) mass is 436 g/mol. The van der Waals surface area contributed by atoms with Crippen LogP contribution < -0.4 is 19.1 Å². The van der Waals surface area contributed by atoms with E-state index < -0.39 is 0 Å². The number of hydrogen-bond donors (Lipinski definition) is 0. The van der Waals surface area contributed by atoms with Crippen molar-refractivity contribution in [1.82, 2.24) is 4.90 Å². The fraction of sp³-hybridized carbons (Fsp3) is 0.360. The Morgan fingerprint density at radius 1 is 0.875 bits per heavy atom. The number of methoxy groups -OCH3 is 3. The van der Waals surface area contributed by atoms with Crippen molar-refractivity contribution in [2.24, 2.45) is 5.92 Å². The number of carbonyl (C=O) groups is 2. The summed E-state index contributed by atoms with van der Waals surface area (Å²) in [5.74, 6) is 1.52. The summed E-state index contributed by atoms with van der Waals surface area (Å²) >= 11 is 0. The fourth-order valence-electron chi connectivity index (χ4n) is 4.42. The maximum Gasteiger partial charge on any atom is 0.282 e. The van der Waals surface area contributed by atoms with Gasteiger partial charge in [-0.25, -0.2) is 4.90 Å². The summed E-state index contributed by atoms with van der Waals surface area (Å²) < 4.78 is 16.0. The standard InChI is InChI=1S/C25H28N2O5/c1-16-6-5-13-26(15-16)23-22(17-7-12-20(31-3)21(14-17)32-4)24(28)27(25(23)29)18-8-10-19(30-2)11-9-18/h7-12,14,16H,5-6,13,15H2,1-4H3.